The Hall–Kier alpha value is -2.53. The molecule has 1 amide bonds. The predicted octanol–water partition coefficient (Wildman–Crippen LogP) is 5.53. The van der Waals surface area contributed by atoms with Crippen LogP contribution in [0.2, 0.25) is 10.0 Å². The third kappa shape index (κ3) is 8.08. The third-order valence-corrected chi connectivity index (χ3v) is 5.58. The normalized spacial score (nSPS) is 10.9. The van der Waals surface area contributed by atoms with E-state index in [4.69, 9.17) is 37.1 Å². The summed E-state index contributed by atoms with van der Waals surface area (Å²) in [6, 6.07) is 10.3. The van der Waals surface area contributed by atoms with Crippen molar-refractivity contribution in [1.82, 2.24) is 15.6 Å². The monoisotopic (exact) mass is 570 g/mol. The van der Waals surface area contributed by atoms with Crippen molar-refractivity contribution in [2.24, 2.45) is 5.10 Å². The highest BCUT2D eigenvalue weighted by Crippen LogP contribution is 2.28. The first-order valence-electron chi connectivity index (χ1n) is 9.33. The number of ether oxygens (including phenoxy) is 2. The molecular weight excluding hydrogens is 555 g/mol. The van der Waals surface area contributed by atoms with E-state index in [0.29, 0.717) is 33.7 Å². The summed E-state index contributed by atoms with van der Waals surface area (Å²) >= 11 is 16.4. The van der Waals surface area contributed by atoms with Gasteiger partial charge in [0.2, 0.25) is 0 Å². The number of benzene rings is 2. The van der Waals surface area contributed by atoms with E-state index in [1.54, 1.807) is 30.3 Å². The molecule has 33 heavy (non-hydrogen) atoms. The Labute approximate surface area is 212 Å². The van der Waals surface area contributed by atoms with Gasteiger partial charge in [-0.2, -0.15) is 5.10 Å². The molecule has 0 radical (unpaired) electrons. The van der Waals surface area contributed by atoms with Crippen LogP contribution in [-0.2, 0) is 11.4 Å². The van der Waals surface area contributed by atoms with E-state index in [0.717, 1.165) is 16.2 Å². The smallest absolute Gasteiger partial charge is 0.277 e. The Morgan fingerprint density at radius 3 is 2.82 bits per heavy atom. The molecule has 3 aromatic rings. The summed E-state index contributed by atoms with van der Waals surface area (Å²) in [5, 5.41) is 12.8. The molecule has 0 aliphatic carbocycles. The zero-order valence-electron chi connectivity index (χ0n) is 17.0. The number of aromatic nitrogens is 2. The van der Waals surface area contributed by atoms with Crippen molar-refractivity contribution < 1.29 is 18.7 Å². The molecule has 0 unspecified atom stereocenters. The minimum atomic E-state index is -0.344. The molecule has 0 spiro atoms. The summed E-state index contributed by atoms with van der Waals surface area (Å²) in [4.78, 5) is 12.1. The van der Waals surface area contributed by atoms with Crippen LogP contribution in [-0.4, -0.2) is 34.7 Å². The molecule has 0 saturated heterocycles. The van der Waals surface area contributed by atoms with Gasteiger partial charge in [0.15, 0.2) is 6.61 Å². The number of hydrogen-bond donors (Lipinski definition) is 1. The number of carbonyl (C=O) groups excluding carboxylic acids is 1. The van der Waals surface area contributed by atoms with E-state index < -0.39 is 0 Å². The second-order valence-corrected chi connectivity index (χ2v) is 8.87. The van der Waals surface area contributed by atoms with Crippen LogP contribution in [0.5, 0.6) is 11.5 Å². The van der Waals surface area contributed by atoms with Crippen molar-refractivity contribution >= 4 is 63.0 Å². The molecule has 1 aromatic heterocycles. The molecule has 0 saturated carbocycles. The fourth-order valence-electron chi connectivity index (χ4n) is 2.32. The van der Waals surface area contributed by atoms with Gasteiger partial charge < -0.3 is 13.9 Å². The Morgan fingerprint density at radius 2 is 2.03 bits per heavy atom. The number of nitrogens with zero attached hydrogens (tertiary/aromatic N) is 3. The predicted molar refractivity (Wildman–Crippen MR) is 131 cm³/mol. The lowest BCUT2D eigenvalue weighted by atomic mass is 10.2. The van der Waals surface area contributed by atoms with E-state index in [1.165, 1.54) is 6.21 Å². The third-order valence-electron chi connectivity index (χ3n) is 3.74. The van der Waals surface area contributed by atoms with Gasteiger partial charge in [-0.05, 0) is 36.4 Å². The highest BCUT2D eigenvalue weighted by molar-refractivity contribution is 9.10. The van der Waals surface area contributed by atoms with E-state index in [2.05, 4.69) is 43.2 Å². The zero-order valence-corrected chi connectivity index (χ0v) is 20.9. The van der Waals surface area contributed by atoms with E-state index >= 15 is 0 Å². The molecule has 0 atom stereocenters. The number of amides is 1. The molecule has 2 aromatic carbocycles. The summed E-state index contributed by atoms with van der Waals surface area (Å²) < 4.78 is 17.4. The Balaban J connectivity index is 1.46. The van der Waals surface area contributed by atoms with Gasteiger partial charge in [0.05, 0.1) is 17.0 Å². The van der Waals surface area contributed by atoms with Crippen LogP contribution in [0.1, 0.15) is 11.5 Å². The van der Waals surface area contributed by atoms with Crippen LogP contribution in [0.15, 0.2) is 68.3 Å². The first-order valence-corrected chi connectivity index (χ1v) is 11.9. The summed E-state index contributed by atoms with van der Waals surface area (Å²) in [7, 11) is 0. The SMILES string of the molecule is C=CCOc1ccc(Br)cc1/C=N\NC(=O)CSc1nnc(COc2ccc(Cl)cc2Cl)o1. The highest BCUT2D eigenvalue weighted by atomic mass is 79.9. The van der Waals surface area contributed by atoms with Gasteiger partial charge >= 0.3 is 0 Å². The molecule has 172 valence electrons. The van der Waals surface area contributed by atoms with Gasteiger partial charge in [-0.3, -0.25) is 4.79 Å². The Bertz CT molecular complexity index is 1160. The standard InChI is InChI=1S/C21H17BrCl2N4O4S/c1-2-7-30-17-5-3-14(22)8-13(17)10-25-26-19(29)12-33-21-28-27-20(32-21)11-31-18-6-4-15(23)9-16(18)24/h2-6,8-10H,1,7,11-12H2,(H,26,29)/b25-10-. The highest BCUT2D eigenvalue weighted by Gasteiger charge is 2.11. The quantitative estimate of drug-likeness (QED) is 0.140. The first kappa shape index (κ1) is 25.1. The molecule has 0 aliphatic heterocycles. The number of carbonyl (C=O) groups is 1. The van der Waals surface area contributed by atoms with E-state index in [1.807, 2.05) is 12.1 Å². The second kappa shape index (κ2) is 12.6. The van der Waals surface area contributed by atoms with Gasteiger partial charge in [0.1, 0.15) is 18.1 Å². The van der Waals surface area contributed by atoms with Crippen molar-refractivity contribution in [2.75, 3.05) is 12.4 Å². The molecule has 1 N–H and O–H groups in total. The fourth-order valence-corrected chi connectivity index (χ4v) is 3.73. The number of hydrogen-bond acceptors (Lipinski definition) is 8. The summed E-state index contributed by atoms with van der Waals surface area (Å²) in [6.07, 6.45) is 3.14. The van der Waals surface area contributed by atoms with Gasteiger partial charge in [-0.25, -0.2) is 5.43 Å². The molecule has 0 fully saturated rings. The number of thioether (sulfide) groups is 1. The Morgan fingerprint density at radius 1 is 1.21 bits per heavy atom. The van der Waals surface area contributed by atoms with Crippen LogP contribution in [0, 0.1) is 0 Å². The number of rotatable bonds is 11. The van der Waals surface area contributed by atoms with Crippen molar-refractivity contribution in [3.8, 4) is 11.5 Å². The molecule has 3 rings (SSSR count). The lowest BCUT2D eigenvalue weighted by Crippen LogP contribution is -2.19. The number of hydrazone groups is 1. The number of halogens is 3. The minimum absolute atomic E-state index is 0.0221. The van der Waals surface area contributed by atoms with Gasteiger partial charge in [-0.1, -0.05) is 63.5 Å². The summed E-state index contributed by atoms with van der Waals surface area (Å²) in [5.41, 5.74) is 3.14. The molecule has 8 nitrogen and oxygen atoms in total. The average Bonchev–Trinajstić information content (AvgIpc) is 3.24. The molecule has 12 heteroatoms. The molecule has 0 aliphatic rings. The minimum Gasteiger partial charge on any atom is -0.489 e. The first-order chi connectivity index (χ1) is 15.9. The summed E-state index contributed by atoms with van der Waals surface area (Å²) in [6.45, 7) is 4.00. The number of nitrogens with one attached hydrogen (secondary N) is 1. The largest absolute Gasteiger partial charge is 0.489 e. The van der Waals surface area contributed by atoms with E-state index in [9.17, 15) is 4.79 Å². The van der Waals surface area contributed by atoms with Gasteiger partial charge in [0, 0.05) is 15.1 Å². The lowest BCUT2D eigenvalue weighted by molar-refractivity contribution is -0.118. The van der Waals surface area contributed by atoms with Crippen molar-refractivity contribution in [3.05, 3.63) is 75.0 Å². The van der Waals surface area contributed by atoms with Gasteiger partial charge in [-0.15, -0.1) is 10.2 Å². The average molecular weight is 572 g/mol. The van der Waals surface area contributed by atoms with Crippen molar-refractivity contribution in [2.45, 2.75) is 11.8 Å². The topological polar surface area (TPSA) is 98.8 Å². The molecule has 0 bridgehead atoms. The maximum absolute atomic E-state index is 12.1. The maximum atomic E-state index is 12.1. The zero-order chi connectivity index (χ0) is 23.6. The van der Waals surface area contributed by atoms with Crippen LogP contribution in [0.4, 0.5) is 0 Å². The maximum Gasteiger partial charge on any atom is 0.277 e. The molecular formula is C21H17BrCl2N4O4S. The molecule has 1 heterocycles. The second-order valence-electron chi connectivity index (χ2n) is 6.19. The Kier molecular flexibility index (Phi) is 9.61. The van der Waals surface area contributed by atoms with Crippen LogP contribution in [0.25, 0.3) is 0 Å². The van der Waals surface area contributed by atoms with Gasteiger partial charge in [0.25, 0.3) is 17.0 Å². The van der Waals surface area contributed by atoms with Crippen LogP contribution in [0.3, 0.4) is 0 Å². The lowest BCUT2D eigenvalue weighted by Gasteiger charge is -2.07. The van der Waals surface area contributed by atoms with E-state index in [-0.39, 0.29) is 29.4 Å². The van der Waals surface area contributed by atoms with Crippen LogP contribution < -0.4 is 14.9 Å². The van der Waals surface area contributed by atoms with Crippen molar-refractivity contribution in [1.29, 1.82) is 0 Å². The van der Waals surface area contributed by atoms with Crippen LogP contribution >= 0.6 is 50.9 Å². The fraction of sp³-hybridized carbons (Fsp3) is 0.143. The van der Waals surface area contributed by atoms with Crippen molar-refractivity contribution in [3.63, 3.8) is 0 Å². The summed E-state index contributed by atoms with van der Waals surface area (Å²) in [5.74, 6) is 0.980.